The number of nitrogens with zero attached hydrogens (tertiary/aromatic N) is 1. The topological polar surface area (TPSA) is 24.9 Å². The van der Waals surface area contributed by atoms with E-state index in [2.05, 4.69) is 17.2 Å². The molecule has 0 fully saturated rings. The Labute approximate surface area is 113 Å². The third-order valence-electron chi connectivity index (χ3n) is 2.97. The van der Waals surface area contributed by atoms with Crippen molar-refractivity contribution in [1.29, 1.82) is 0 Å². The van der Waals surface area contributed by atoms with Crippen molar-refractivity contribution in [3.8, 4) is 0 Å². The molecule has 0 radical (unpaired) electrons. The number of benzene rings is 1. The van der Waals surface area contributed by atoms with Gasteiger partial charge in [0.25, 0.3) is 0 Å². The Morgan fingerprint density at radius 3 is 2.79 bits per heavy atom. The molecule has 100 valence electrons. The largest absolute Gasteiger partial charge is 0.313 e. The first-order chi connectivity index (χ1) is 9.29. The Balaban J connectivity index is 2.03. The van der Waals surface area contributed by atoms with Gasteiger partial charge in [-0.3, -0.25) is 4.98 Å². The number of hydrogen-bond acceptors (Lipinski definition) is 2. The molecule has 0 spiro atoms. The summed E-state index contributed by atoms with van der Waals surface area (Å²) < 4.78 is 14.0. The lowest BCUT2D eigenvalue weighted by molar-refractivity contribution is 0.606. The number of hydrogen-bond donors (Lipinski definition) is 1. The molecule has 2 rings (SSSR count). The van der Waals surface area contributed by atoms with Crippen LogP contribution in [0.4, 0.5) is 4.39 Å². The molecule has 0 saturated carbocycles. The van der Waals surface area contributed by atoms with Gasteiger partial charge >= 0.3 is 0 Å². The third kappa shape index (κ3) is 4.14. The monoisotopic (exact) mass is 258 g/mol. The Morgan fingerprint density at radius 1 is 1.21 bits per heavy atom. The van der Waals surface area contributed by atoms with Crippen LogP contribution in [0.15, 0.2) is 42.6 Å². The first kappa shape index (κ1) is 13.7. The molecule has 1 N–H and O–H groups in total. The van der Waals surface area contributed by atoms with E-state index in [9.17, 15) is 4.39 Å². The summed E-state index contributed by atoms with van der Waals surface area (Å²) >= 11 is 0. The van der Waals surface area contributed by atoms with Gasteiger partial charge in [-0.15, -0.1) is 0 Å². The SMILES string of the molecule is CCCNCc1ccc(Cc2ccccn2)c(F)c1. The van der Waals surface area contributed by atoms with Gasteiger partial charge in [0.05, 0.1) is 0 Å². The minimum atomic E-state index is -0.151. The summed E-state index contributed by atoms with van der Waals surface area (Å²) in [6.07, 6.45) is 3.35. The predicted octanol–water partition coefficient (Wildman–Crippen LogP) is 3.31. The zero-order chi connectivity index (χ0) is 13.5. The Kier molecular flexibility index (Phi) is 5.04. The molecule has 0 unspecified atom stereocenters. The second-order valence-corrected chi connectivity index (χ2v) is 4.60. The summed E-state index contributed by atoms with van der Waals surface area (Å²) in [7, 11) is 0. The maximum Gasteiger partial charge on any atom is 0.127 e. The minimum Gasteiger partial charge on any atom is -0.313 e. The summed E-state index contributed by atoms with van der Waals surface area (Å²) in [5.74, 6) is -0.151. The fraction of sp³-hybridized carbons (Fsp3) is 0.312. The van der Waals surface area contributed by atoms with E-state index in [-0.39, 0.29) is 5.82 Å². The number of pyridine rings is 1. The maximum absolute atomic E-state index is 14.0. The van der Waals surface area contributed by atoms with Crippen LogP contribution in [0.5, 0.6) is 0 Å². The molecule has 2 nitrogen and oxygen atoms in total. The first-order valence-corrected chi connectivity index (χ1v) is 6.67. The summed E-state index contributed by atoms with van der Waals surface area (Å²) in [6, 6.07) is 11.1. The van der Waals surface area contributed by atoms with Crippen LogP contribution in [-0.2, 0) is 13.0 Å². The van der Waals surface area contributed by atoms with Crippen LogP contribution in [0.3, 0.4) is 0 Å². The third-order valence-corrected chi connectivity index (χ3v) is 2.97. The lowest BCUT2D eigenvalue weighted by atomic mass is 10.1. The Morgan fingerprint density at radius 2 is 2.11 bits per heavy atom. The van der Waals surface area contributed by atoms with Gasteiger partial charge in [-0.1, -0.05) is 25.1 Å². The lowest BCUT2D eigenvalue weighted by Gasteiger charge is -2.07. The second kappa shape index (κ2) is 7.00. The molecule has 0 aliphatic rings. The highest BCUT2D eigenvalue weighted by atomic mass is 19.1. The van der Waals surface area contributed by atoms with Crippen molar-refractivity contribution in [3.63, 3.8) is 0 Å². The van der Waals surface area contributed by atoms with Crippen molar-refractivity contribution in [2.45, 2.75) is 26.3 Å². The Bertz CT molecular complexity index is 511. The molecule has 2 aromatic rings. The van der Waals surface area contributed by atoms with Gasteiger partial charge in [-0.2, -0.15) is 0 Å². The van der Waals surface area contributed by atoms with Crippen molar-refractivity contribution in [1.82, 2.24) is 10.3 Å². The summed E-state index contributed by atoms with van der Waals surface area (Å²) in [5.41, 5.74) is 2.56. The van der Waals surface area contributed by atoms with Gasteiger partial charge in [0.1, 0.15) is 5.82 Å². The van der Waals surface area contributed by atoms with E-state index in [0.717, 1.165) is 24.2 Å². The van der Waals surface area contributed by atoms with Crippen molar-refractivity contribution < 1.29 is 4.39 Å². The van der Waals surface area contributed by atoms with Crippen molar-refractivity contribution >= 4 is 0 Å². The van der Waals surface area contributed by atoms with Gasteiger partial charge < -0.3 is 5.32 Å². The predicted molar refractivity (Wildman–Crippen MR) is 75.4 cm³/mol. The highest BCUT2D eigenvalue weighted by Crippen LogP contribution is 2.14. The lowest BCUT2D eigenvalue weighted by Crippen LogP contribution is -2.14. The molecule has 0 aliphatic heterocycles. The van der Waals surface area contributed by atoms with E-state index >= 15 is 0 Å². The number of halogens is 1. The smallest absolute Gasteiger partial charge is 0.127 e. The molecule has 1 aromatic heterocycles. The zero-order valence-electron chi connectivity index (χ0n) is 11.2. The molecule has 1 aromatic carbocycles. The highest BCUT2D eigenvalue weighted by molar-refractivity contribution is 5.27. The number of rotatable bonds is 6. The van der Waals surface area contributed by atoms with Crippen molar-refractivity contribution in [3.05, 3.63) is 65.2 Å². The molecular formula is C16H19FN2. The average Bonchev–Trinajstić information content (AvgIpc) is 2.43. The van der Waals surface area contributed by atoms with Crippen LogP contribution >= 0.6 is 0 Å². The highest BCUT2D eigenvalue weighted by Gasteiger charge is 2.05. The van der Waals surface area contributed by atoms with E-state index in [0.29, 0.717) is 18.5 Å². The Hall–Kier alpha value is -1.74. The maximum atomic E-state index is 14.0. The van der Waals surface area contributed by atoms with E-state index < -0.39 is 0 Å². The fourth-order valence-corrected chi connectivity index (χ4v) is 1.95. The summed E-state index contributed by atoms with van der Waals surface area (Å²) in [4.78, 5) is 4.22. The molecule has 0 saturated heterocycles. The van der Waals surface area contributed by atoms with Gasteiger partial charge in [0.15, 0.2) is 0 Å². The molecule has 1 heterocycles. The van der Waals surface area contributed by atoms with Crippen LogP contribution in [0.2, 0.25) is 0 Å². The van der Waals surface area contributed by atoms with E-state index in [1.54, 1.807) is 12.3 Å². The van der Waals surface area contributed by atoms with Crippen LogP contribution < -0.4 is 5.32 Å². The van der Waals surface area contributed by atoms with Gasteiger partial charge in [0.2, 0.25) is 0 Å². The molecule has 0 aliphatic carbocycles. The molecule has 0 bridgehead atoms. The van der Waals surface area contributed by atoms with Crippen LogP contribution in [0.1, 0.15) is 30.2 Å². The zero-order valence-corrected chi connectivity index (χ0v) is 11.2. The molecule has 19 heavy (non-hydrogen) atoms. The van der Waals surface area contributed by atoms with Crippen LogP contribution in [-0.4, -0.2) is 11.5 Å². The molecule has 0 atom stereocenters. The number of nitrogens with one attached hydrogen (secondary N) is 1. The van der Waals surface area contributed by atoms with Gasteiger partial charge in [0, 0.05) is 24.9 Å². The number of aromatic nitrogens is 1. The second-order valence-electron chi connectivity index (χ2n) is 4.60. The van der Waals surface area contributed by atoms with E-state index in [1.165, 1.54) is 0 Å². The van der Waals surface area contributed by atoms with E-state index in [1.807, 2.05) is 30.3 Å². The average molecular weight is 258 g/mol. The van der Waals surface area contributed by atoms with Gasteiger partial charge in [-0.05, 0) is 42.3 Å². The van der Waals surface area contributed by atoms with Crippen molar-refractivity contribution in [2.24, 2.45) is 0 Å². The summed E-state index contributed by atoms with van der Waals surface area (Å²) in [5, 5.41) is 3.27. The van der Waals surface area contributed by atoms with Crippen LogP contribution in [0.25, 0.3) is 0 Å². The van der Waals surface area contributed by atoms with Crippen molar-refractivity contribution in [2.75, 3.05) is 6.54 Å². The quantitative estimate of drug-likeness (QED) is 0.804. The minimum absolute atomic E-state index is 0.151. The molecule has 3 heteroatoms. The summed E-state index contributed by atoms with van der Waals surface area (Å²) in [6.45, 7) is 3.79. The van der Waals surface area contributed by atoms with E-state index in [4.69, 9.17) is 0 Å². The van der Waals surface area contributed by atoms with Crippen LogP contribution in [0, 0.1) is 5.82 Å². The molecular weight excluding hydrogens is 239 g/mol. The normalized spacial score (nSPS) is 10.6. The molecule has 0 amide bonds. The fourth-order valence-electron chi connectivity index (χ4n) is 1.95. The standard InChI is InChI=1S/C16H19FN2/c1-2-8-18-12-13-6-7-14(16(17)10-13)11-15-5-3-4-9-19-15/h3-7,9-10,18H,2,8,11-12H2,1H3. The first-order valence-electron chi connectivity index (χ1n) is 6.67. The van der Waals surface area contributed by atoms with Gasteiger partial charge in [-0.25, -0.2) is 4.39 Å².